The average molecular weight is 707 g/mol. The van der Waals surface area contributed by atoms with Crippen molar-refractivity contribution in [3.05, 3.63) is 95.8 Å². The molecule has 4 rings (SSSR count). The van der Waals surface area contributed by atoms with Crippen molar-refractivity contribution in [2.24, 2.45) is 5.41 Å². The van der Waals surface area contributed by atoms with Crippen LogP contribution in [-0.2, 0) is 20.8 Å². The number of ether oxygens (including phenoxy) is 1. The van der Waals surface area contributed by atoms with Gasteiger partial charge in [0.05, 0.1) is 19.6 Å². The van der Waals surface area contributed by atoms with Crippen molar-refractivity contribution < 1.29 is 24.2 Å². The number of nitrogens with one attached hydrogen (secondary N) is 1. The molecule has 0 aliphatic rings. The third-order valence-electron chi connectivity index (χ3n) is 9.59. The van der Waals surface area contributed by atoms with Crippen molar-refractivity contribution in [1.29, 1.82) is 0 Å². The van der Waals surface area contributed by atoms with E-state index in [9.17, 15) is 19.5 Å². The third-order valence-corrected chi connectivity index (χ3v) is 9.59. The number of carbonyl (C=O) groups is 3. The van der Waals surface area contributed by atoms with E-state index < -0.39 is 11.9 Å². The quantitative estimate of drug-likeness (QED) is 0.0788. The summed E-state index contributed by atoms with van der Waals surface area (Å²) >= 11 is 0. The molecule has 1 amide bonds. The largest absolute Gasteiger partial charge is 0.493 e. The number of carbonyl (C=O) groups excluding carboxylic acids is 2. The van der Waals surface area contributed by atoms with Crippen LogP contribution >= 0.6 is 0 Å². The zero-order valence-corrected chi connectivity index (χ0v) is 31.7. The molecule has 0 radical (unpaired) electrons. The number of carboxylic acid groups (broad SMARTS) is 1. The minimum absolute atomic E-state index is 0.0388. The first-order valence-electron chi connectivity index (χ1n) is 19.1. The van der Waals surface area contributed by atoms with E-state index in [0.717, 1.165) is 63.7 Å². The third kappa shape index (κ3) is 13.9. The predicted octanol–water partition coefficient (Wildman–Crippen LogP) is 10.4. The van der Waals surface area contributed by atoms with Gasteiger partial charge in [-0.25, -0.2) is 0 Å². The van der Waals surface area contributed by atoms with E-state index in [1.807, 2.05) is 61.5 Å². The molecule has 1 atom stereocenters. The number of carboxylic acids is 1. The maximum atomic E-state index is 12.9. The molecule has 3 aromatic carbocycles. The number of rotatable bonds is 22. The van der Waals surface area contributed by atoms with Crippen LogP contribution in [0.1, 0.15) is 121 Å². The normalized spacial score (nSPS) is 12.1. The number of aromatic nitrogens is 1. The maximum Gasteiger partial charge on any atom is 0.303 e. The van der Waals surface area contributed by atoms with E-state index >= 15 is 0 Å². The van der Waals surface area contributed by atoms with E-state index in [4.69, 9.17) is 4.74 Å². The fourth-order valence-electron chi connectivity index (χ4n) is 6.71. The number of amides is 1. The predicted molar refractivity (Wildman–Crippen MR) is 211 cm³/mol. The molecule has 0 fully saturated rings. The molecule has 0 unspecified atom stereocenters. The molecule has 1 aromatic heterocycles. The lowest BCUT2D eigenvalue weighted by Gasteiger charge is -2.17. The number of Topliss-reactive ketones (excluding diaryl/α,β-unsaturated/α-hetero) is 1. The number of nitrogens with zero attached hydrogens (tertiary/aromatic N) is 1. The molecule has 4 aromatic rings. The highest BCUT2D eigenvalue weighted by molar-refractivity contribution is 6.00. The number of hydrogen-bond acceptors (Lipinski definition) is 5. The Morgan fingerprint density at radius 3 is 2.23 bits per heavy atom. The van der Waals surface area contributed by atoms with Crippen LogP contribution in [0.25, 0.3) is 21.9 Å². The van der Waals surface area contributed by atoms with Crippen LogP contribution < -0.4 is 10.1 Å². The average Bonchev–Trinajstić information content (AvgIpc) is 3.11. The standard InChI is InChI=1S/C45H58N2O5/c1-33-25-27-46-37(29-33)15-9-12-18-43(49)47-32-38(48)30-36(31-44(50)51)34-19-21-35(22-20-34)39-23-24-42(41-17-11-10-16-40(39)41)52-28-14-8-6-5-7-13-26-45(2,3)4/h10-11,16-17,19-25,27,29,36H,5-9,12-15,18,26,28,30-32H2,1-4H3,(H,47,49)(H,50,51)/t36-/m0/s1. The van der Waals surface area contributed by atoms with Gasteiger partial charge in [0.2, 0.25) is 5.91 Å². The molecule has 0 bridgehead atoms. The molecule has 1 heterocycles. The fourth-order valence-corrected chi connectivity index (χ4v) is 6.71. The van der Waals surface area contributed by atoms with Gasteiger partial charge in [-0.3, -0.25) is 19.4 Å². The molecular formula is C45H58N2O5. The summed E-state index contributed by atoms with van der Waals surface area (Å²) < 4.78 is 6.27. The smallest absolute Gasteiger partial charge is 0.303 e. The molecule has 278 valence electrons. The van der Waals surface area contributed by atoms with Gasteiger partial charge in [0.1, 0.15) is 5.75 Å². The number of aryl methyl sites for hydroxylation is 2. The zero-order chi connectivity index (χ0) is 37.3. The molecule has 7 nitrogen and oxygen atoms in total. The van der Waals surface area contributed by atoms with E-state index in [1.165, 1.54) is 38.5 Å². The molecular weight excluding hydrogens is 649 g/mol. The number of ketones is 1. The van der Waals surface area contributed by atoms with E-state index in [-0.39, 0.29) is 31.1 Å². The first-order chi connectivity index (χ1) is 25.0. The number of benzene rings is 3. The molecule has 0 aliphatic carbocycles. The van der Waals surface area contributed by atoms with Gasteiger partial charge in [-0.2, -0.15) is 0 Å². The summed E-state index contributed by atoms with van der Waals surface area (Å²) in [5, 5.41) is 14.5. The summed E-state index contributed by atoms with van der Waals surface area (Å²) in [6.45, 7) is 9.54. The lowest BCUT2D eigenvalue weighted by molar-refractivity contribution is -0.137. The molecule has 0 aliphatic heterocycles. The van der Waals surface area contributed by atoms with Crippen LogP contribution in [0.3, 0.4) is 0 Å². The number of unbranched alkanes of at least 4 members (excludes halogenated alkanes) is 6. The van der Waals surface area contributed by atoms with Crippen molar-refractivity contribution in [1.82, 2.24) is 10.3 Å². The minimum atomic E-state index is -0.966. The monoisotopic (exact) mass is 706 g/mol. The second-order valence-corrected chi connectivity index (χ2v) is 15.4. The first kappa shape index (κ1) is 40.3. The van der Waals surface area contributed by atoms with Gasteiger partial charge in [-0.1, -0.05) is 107 Å². The second-order valence-electron chi connectivity index (χ2n) is 15.4. The van der Waals surface area contributed by atoms with Crippen molar-refractivity contribution in [3.8, 4) is 16.9 Å². The lowest BCUT2D eigenvalue weighted by Crippen LogP contribution is -2.30. The Bertz CT molecular complexity index is 1740. The highest BCUT2D eigenvalue weighted by Gasteiger charge is 2.20. The number of pyridine rings is 1. The second kappa shape index (κ2) is 20.5. The van der Waals surface area contributed by atoms with Crippen molar-refractivity contribution in [2.75, 3.05) is 13.2 Å². The SMILES string of the molecule is Cc1ccnc(CCCCC(=O)NCC(=O)C[C@@H](CC(=O)O)c2ccc(-c3ccc(OCCCCCCCCC(C)(C)C)c4ccccc34)cc2)c1. The minimum Gasteiger partial charge on any atom is -0.493 e. The van der Waals surface area contributed by atoms with Crippen LogP contribution in [0.4, 0.5) is 0 Å². The van der Waals surface area contributed by atoms with Crippen LogP contribution in [0.5, 0.6) is 5.75 Å². The van der Waals surface area contributed by atoms with Crippen LogP contribution in [-0.4, -0.2) is 40.9 Å². The van der Waals surface area contributed by atoms with E-state index in [1.54, 1.807) is 6.20 Å². The van der Waals surface area contributed by atoms with Gasteiger partial charge >= 0.3 is 5.97 Å². The van der Waals surface area contributed by atoms with E-state index in [0.29, 0.717) is 24.9 Å². The summed E-state index contributed by atoms with van der Waals surface area (Å²) in [6, 6.07) is 24.2. The molecule has 0 saturated carbocycles. The topological polar surface area (TPSA) is 106 Å². The lowest BCUT2D eigenvalue weighted by atomic mass is 9.89. The Balaban J connectivity index is 1.27. The summed E-state index contributed by atoms with van der Waals surface area (Å²) in [6.07, 6.45) is 13.0. The zero-order valence-electron chi connectivity index (χ0n) is 31.7. The summed E-state index contributed by atoms with van der Waals surface area (Å²) in [5.41, 5.74) is 5.45. The van der Waals surface area contributed by atoms with Gasteiger partial charge in [0, 0.05) is 36.0 Å². The Kier molecular flexibility index (Phi) is 15.9. The maximum absolute atomic E-state index is 12.9. The van der Waals surface area contributed by atoms with E-state index in [2.05, 4.69) is 49.3 Å². The van der Waals surface area contributed by atoms with Gasteiger partial charge in [0.25, 0.3) is 0 Å². The van der Waals surface area contributed by atoms with Crippen LogP contribution in [0.2, 0.25) is 0 Å². The number of hydrogen-bond donors (Lipinski definition) is 2. The Hall–Kier alpha value is -4.52. The fraction of sp³-hybridized carbons (Fsp3) is 0.467. The van der Waals surface area contributed by atoms with Gasteiger partial charge in [0.15, 0.2) is 5.78 Å². The highest BCUT2D eigenvalue weighted by Crippen LogP contribution is 2.36. The molecule has 52 heavy (non-hydrogen) atoms. The summed E-state index contributed by atoms with van der Waals surface area (Å²) in [4.78, 5) is 41.4. The Morgan fingerprint density at radius 2 is 1.52 bits per heavy atom. The number of aliphatic carboxylic acids is 1. The van der Waals surface area contributed by atoms with Crippen LogP contribution in [0.15, 0.2) is 79.0 Å². The van der Waals surface area contributed by atoms with Gasteiger partial charge in [-0.15, -0.1) is 0 Å². The molecule has 0 spiro atoms. The van der Waals surface area contributed by atoms with Crippen LogP contribution in [0, 0.1) is 12.3 Å². The Labute approximate surface area is 310 Å². The molecule has 7 heteroatoms. The highest BCUT2D eigenvalue weighted by atomic mass is 16.5. The molecule has 0 saturated heterocycles. The first-order valence-corrected chi connectivity index (χ1v) is 19.1. The summed E-state index contributed by atoms with van der Waals surface area (Å²) in [7, 11) is 0. The molecule has 2 N–H and O–H groups in total. The van der Waals surface area contributed by atoms with Crippen molar-refractivity contribution in [3.63, 3.8) is 0 Å². The van der Waals surface area contributed by atoms with Gasteiger partial charge in [-0.05, 0) is 90.3 Å². The van der Waals surface area contributed by atoms with Gasteiger partial charge < -0.3 is 15.2 Å². The van der Waals surface area contributed by atoms with Crippen molar-refractivity contribution >= 4 is 28.4 Å². The summed E-state index contributed by atoms with van der Waals surface area (Å²) in [5.74, 6) is -0.940. The Morgan fingerprint density at radius 1 is 0.808 bits per heavy atom. The van der Waals surface area contributed by atoms with Crippen molar-refractivity contribution in [2.45, 2.75) is 117 Å². The number of fused-ring (bicyclic) bond motifs is 1.